The van der Waals surface area contributed by atoms with Gasteiger partial charge in [-0.15, -0.1) is 11.8 Å². The maximum Gasteiger partial charge on any atom is 0.303 e. The number of hydrogen-bond donors (Lipinski definition) is 2. The Bertz CT molecular complexity index is 1640. The number of rotatable bonds is 11. The summed E-state index contributed by atoms with van der Waals surface area (Å²) in [6.07, 6.45) is 1.35. The average Bonchev–Trinajstić information content (AvgIpc) is 3.33. The topological polar surface area (TPSA) is 137 Å². The van der Waals surface area contributed by atoms with Crippen molar-refractivity contribution in [3.05, 3.63) is 87.7 Å². The second-order valence-electron chi connectivity index (χ2n) is 10.7. The first-order valence-electron chi connectivity index (χ1n) is 14.1. The fraction of sp³-hybridized carbons (Fsp3) is 0.312. The molecule has 0 aliphatic carbocycles. The quantitative estimate of drug-likeness (QED) is 0.287. The van der Waals surface area contributed by atoms with Gasteiger partial charge in [-0.05, 0) is 67.3 Å². The van der Waals surface area contributed by atoms with Crippen molar-refractivity contribution in [3.8, 4) is 11.8 Å². The zero-order chi connectivity index (χ0) is 31.4. The number of benzene rings is 3. The number of primary amides is 1. The van der Waals surface area contributed by atoms with Gasteiger partial charge < -0.3 is 25.4 Å². The molecule has 1 saturated heterocycles. The average molecular weight is 637 g/mol. The van der Waals surface area contributed by atoms with E-state index >= 15 is 0 Å². The van der Waals surface area contributed by atoms with Crippen molar-refractivity contribution < 1.29 is 28.6 Å². The normalized spacial score (nSPS) is 15.5. The highest BCUT2D eigenvalue weighted by Gasteiger charge is 2.37. The van der Waals surface area contributed by atoms with Crippen molar-refractivity contribution in [3.63, 3.8) is 0 Å². The van der Waals surface area contributed by atoms with E-state index in [1.54, 1.807) is 42.1 Å². The van der Waals surface area contributed by atoms with Crippen LogP contribution in [-0.2, 0) is 22.7 Å². The summed E-state index contributed by atoms with van der Waals surface area (Å²) in [7, 11) is 0. The molecule has 0 saturated carbocycles. The van der Waals surface area contributed by atoms with Crippen LogP contribution in [0.3, 0.4) is 0 Å². The van der Waals surface area contributed by atoms with E-state index in [-0.39, 0.29) is 31.8 Å². The second-order valence-corrected chi connectivity index (χ2v) is 12.5. The molecule has 5 rings (SSSR count). The molecule has 0 aromatic heterocycles. The van der Waals surface area contributed by atoms with Gasteiger partial charge in [0, 0.05) is 40.8 Å². The molecule has 0 bridgehead atoms. The summed E-state index contributed by atoms with van der Waals surface area (Å²) in [4.78, 5) is 40.4. The number of piperidine rings is 1. The molecule has 44 heavy (non-hydrogen) atoms. The number of anilines is 1. The van der Waals surface area contributed by atoms with Gasteiger partial charge in [0.2, 0.25) is 5.91 Å². The van der Waals surface area contributed by atoms with E-state index in [4.69, 9.17) is 32.4 Å². The molecule has 1 fully saturated rings. The number of nitrogens with two attached hydrogens (primary N) is 1. The molecule has 0 spiro atoms. The standard InChI is InChI=1S/C32H30ClFN4O5S/c33-24-14-20(5-8-29(24)44-21-10-12-37(13-11-21)26-6-4-19(16-35)15-25(26)34)18-43-28-3-1-2-22-23(28)17-38(32(22)42)27(31(36)41)7-9-30(39)40/h1-6,8,14-15,21,27H,7,9-13,17-18H2,(H2,36,41)(H,39,40)/t27-/m0/s1. The maximum absolute atomic E-state index is 14.5. The lowest BCUT2D eigenvalue weighted by Crippen LogP contribution is -2.45. The van der Waals surface area contributed by atoms with Crippen molar-refractivity contribution in [1.29, 1.82) is 5.26 Å². The molecular weight excluding hydrogens is 607 g/mol. The van der Waals surface area contributed by atoms with Crippen molar-refractivity contribution in [2.75, 3.05) is 18.0 Å². The molecule has 2 aliphatic heterocycles. The molecule has 0 unspecified atom stereocenters. The summed E-state index contributed by atoms with van der Waals surface area (Å²) in [5.74, 6) is -2.12. The number of ether oxygens (including phenoxy) is 1. The number of carbonyl (C=O) groups is 3. The number of halogens is 2. The fourth-order valence-electron chi connectivity index (χ4n) is 5.54. The van der Waals surface area contributed by atoms with Gasteiger partial charge in [-0.2, -0.15) is 5.26 Å². The molecule has 3 N–H and O–H groups in total. The van der Waals surface area contributed by atoms with Crippen LogP contribution >= 0.6 is 23.4 Å². The molecule has 2 amide bonds. The Morgan fingerprint density at radius 2 is 1.95 bits per heavy atom. The van der Waals surface area contributed by atoms with Crippen LogP contribution in [0.2, 0.25) is 5.02 Å². The van der Waals surface area contributed by atoms with Crippen LogP contribution in [0.5, 0.6) is 5.75 Å². The molecule has 2 aliphatic rings. The third-order valence-corrected chi connectivity index (χ3v) is 9.67. The SMILES string of the molecule is N#Cc1ccc(N2CCC(Sc3ccc(COc4cccc5c4CN([C@@H](CCC(=O)O)C(N)=O)C5=O)cc3Cl)CC2)c(F)c1. The van der Waals surface area contributed by atoms with E-state index < -0.39 is 23.8 Å². The number of thioether (sulfide) groups is 1. The monoisotopic (exact) mass is 636 g/mol. The summed E-state index contributed by atoms with van der Waals surface area (Å²) in [5.41, 5.74) is 8.17. The summed E-state index contributed by atoms with van der Waals surface area (Å²) in [6, 6.07) is 16.3. The van der Waals surface area contributed by atoms with Crippen molar-refractivity contribution >= 4 is 46.8 Å². The number of nitrogens with zero attached hydrogens (tertiary/aromatic N) is 3. The molecule has 0 radical (unpaired) electrons. The van der Waals surface area contributed by atoms with Gasteiger partial charge in [-0.25, -0.2) is 4.39 Å². The van der Waals surface area contributed by atoms with E-state index in [1.165, 1.54) is 11.0 Å². The predicted molar refractivity (Wildman–Crippen MR) is 164 cm³/mol. The Morgan fingerprint density at radius 3 is 2.61 bits per heavy atom. The van der Waals surface area contributed by atoms with Gasteiger partial charge in [0.1, 0.15) is 24.2 Å². The van der Waals surface area contributed by atoms with Gasteiger partial charge in [0.25, 0.3) is 5.91 Å². The zero-order valence-electron chi connectivity index (χ0n) is 23.7. The molecule has 1 atom stereocenters. The number of carboxylic acid groups (broad SMARTS) is 1. The zero-order valence-corrected chi connectivity index (χ0v) is 25.2. The highest BCUT2D eigenvalue weighted by Crippen LogP contribution is 2.37. The Kier molecular flexibility index (Phi) is 9.61. The fourth-order valence-corrected chi connectivity index (χ4v) is 7.00. The van der Waals surface area contributed by atoms with Gasteiger partial charge in [-0.1, -0.05) is 23.7 Å². The Labute approximate surface area is 263 Å². The van der Waals surface area contributed by atoms with Crippen molar-refractivity contribution in [1.82, 2.24) is 4.90 Å². The molecule has 3 aromatic carbocycles. The minimum atomic E-state index is -1.07. The number of aliphatic carboxylic acids is 1. The lowest BCUT2D eigenvalue weighted by atomic mass is 10.1. The van der Waals surface area contributed by atoms with Crippen LogP contribution in [0.15, 0.2) is 59.5 Å². The van der Waals surface area contributed by atoms with Gasteiger partial charge in [-0.3, -0.25) is 14.4 Å². The first-order chi connectivity index (χ1) is 21.1. The molecule has 12 heteroatoms. The number of carboxylic acids is 1. The van der Waals surface area contributed by atoms with E-state index in [0.29, 0.717) is 51.5 Å². The third kappa shape index (κ3) is 6.93. The summed E-state index contributed by atoms with van der Waals surface area (Å²) < 4.78 is 20.5. The number of hydrogen-bond acceptors (Lipinski definition) is 7. The smallest absolute Gasteiger partial charge is 0.303 e. The third-order valence-electron chi connectivity index (χ3n) is 7.83. The molecule has 228 valence electrons. The first kappa shape index (κ1) is 31.2. The molecule has 3 aromatic rings. The summed E-state index contributed by atoms with van der Waals surface area (Å²) in [6.45, 7) is 1.68. The second kappa shape index (κ2) is 13.6. The minimum absolute atomic E-state index is 0.0712. The first-order valence-corrected chi connectivity index (χ1v) is 15.4. The van der Waals surface area contributed by atoms with Crippen molar-refractivity contribution in [2.45, 2.75) is 55.0 Å². The van der Waals surface area contributed by atoms with Gasteiger partial charge in [0.05, 0.1) is 28.9 Å². The number of fused-ring (bicyclic) bond motifs is 1. The molecular formula is C32H30ClFN4O5S. The summed E-state index contributed by atoms with van der Waals surface area (Å²) >= 11 is 8.35. The van der Waals surface area contributed by atoms with Crippen LogP contribution in [0.1, 0.15) is 52.7 Å². The highest BCUT2D eigenvalue weighted by atomic mass is 35.5. The number of amides is 2. The van der Waals surface area contributed by atoms with Crippen LogP contribution in [0, 0.1) is 17.1 Å². The summed E-state index contributed by atoms with van der Waals surface area (Å²) in [5, 5.41) is 18.9. The Morgan fingerprint density at radius 1 is 1.18 bits per heavy atom. The van der Waals surface area contributed by atoms with Crippen LogP contribution in [0.25, 0.3) is 0 Å². The van der Waals surface area contributed by atoms with Gasteiger partial charge in [0.15, 0.2) is 0 Å². The van der Waals surface area contributed by atoms with Crippen LogP contribution < -0.4 is 15.4 Å². The Balaban J connectivity index is 1.18. The highest BCUT2D eigenvalue weighted by molar-refractivity contribution is 8.00. The van der Waals surface area contributed by atoms with E-state index in [1.807, 2.05) is 29.2 Å². The van der Waals surface area contributed by atoms with Crippen molar-refractivity contribution in [2.24, 2.45) is 5.73 Å². The lowest BCUT2D eigenvalue weighted by molar-refractivity contribution is -0.137. The largest absolute Gasteiger partial charge is 0.489 e. The minimum Gasteiger partial charge on any atom is -0.489 e. The van der Waals surface area contributed by atoms with E-state index in [0.717, 1.165) is 23.3 Å². The predicted octanol–water partition coefficient (Wildman–Crippen LogP) is 5.37. The molecule has 9 nitrogen and oxygen atoms in total. The lowest BCUT2D eigenvalue weighted by Gasteiger charge is -2.33. The molecule has 2 heterocycles. The Hall–Kier alpha value is -4.27. The number of carbonyl (C=O) groups excluding carboxylic acids is 2. The van der Waals surface area contributed by atoms with E-state index in [2.05, 4.69) is 0 Å². The van der Waals surface area contributed by atoms with Gasteiger partial charge >= 0.3 is 5.97 Å². The number of nitriles is 1. The maximum atomic E-state index is 14.5. The van der Waals surface area contributed by atoms with Crippen LogP contribution in [-0.4, -0.2) is 52.2 Å². The van der Waals surface area contributed by atoms with Crippen LogP contribution in [0.4, 0.5) is 10.1 Å². The van der Waals surface area contributed by atoms with E-state index in [9.17, 15) is 18.8 Å².